The second-order valence-electron chi connectivity index (χ2n) is 6.39. The van der Waals surface area contributed by atoms with Gasteiger partial charge in [-0.25, -0.2) is 0 Å². The number of benzene rings is 1. The van der Waals surface area contributed by atoms with Gasteiger partial charge in [-0.15, -0.1) is 0 Å². The Morgan fingerprint density at radius 1 is 1.22 bits per heavy atom. The Hall–Kier alpha value is -0.970. The van der Waals surface area contributed by atoms with Crippen LogP contribution in [-0.4, -0.2) is 41.2 Å². The van der Waals surface area contributed by atoms with Crippen molar-refractivity contribution in [3.05, 3.63) is 28.2 Å². The Labute approximate surface area is 146 Å². The molecule has 1 heterocycles. The first-order chi connectivity index (χ1) is 11.0. The topological polar surface area (TPSA) is 49.8 Å². The van der Waals surface area contributed by atoms with Crippen LogP contribution in [-0.2, 0) is 4.79 Å². The van der Waals surface area contributed by atoms with Crippen molar-refractivity contribution < 1.29 is 14.6 Å². The van der Waals surface area contributed by atoms with Gasteiger partial charge < -0.3 is 9.84 Å². The van der Waals surface area contributed by atoms with Gasteiger partial charge in [-0.05, 0) is 43.4 Å². The molecule has 1 aliphatic heterocycles. The van der Waals surface area contributed by atoms with Gasteiger partial charge in [0, 0.05) is 22.6 Å². The molecule has 4 nitrogen and oxygen atoms in total. The highest BCUT2D eigenvalue weighted by Gasteiger charge is 2.44. The van der Waals surface area contributed by atoms with Crippen LogP contribution in [0, 0.1) is 5.92 Å². The molecule has 23 heavy (non-hydrogen) atoms. The number of ether oxygens (including phenoxy) is 1. The van der Waals surface area contributed by atoms with Crippen molar-refractivity contribution in [1.29, 1.82) is 0 Å². The summed E-state index contributed by atoms with van der Waals surface area (Å²) in [6, 6.07) is 5.10. The van der Waals surface area contributed by atoms with Crippen LogP contribution in [0.25, 0.3) is 0 Å². The molecule has 2 fully saturated rings. The number of halogens is 2. The predicted molar refractivity (Wildman–Crippen MR) is 90.4 cm³/mol. The summed E-state index contributed by atoms with van der Waals surface area (Å²) >= 11 is 11.9. The third-order valence-corrected chi connectivity index (χ3v) is 5.40. The molecule has 1 aromatic rings. The minimum Gasteiger partial charge on any atom is -0.492 e. The average Bonchev–Trinajstić information content (AvgIpc) is 2.86. The minimum atomic E-state index is -0.717. The van der Waals surface area contributed by atoms with Crippen molar-refractivity contribution in [1.82, 2.24) is 4.90 Å². The van der Waals surface area contributed by atoms with E-state index in [1.807, 2.05) is 0 Å². The van der Waals surface area contributed by atoms with E-state index in [0.29, 0.717) is 40.9 Å². The van der Waals surface area contributed by atoms with Crippen LogP contribution in [0.5, 0.6) is 5.75 Å². The van der Waals surface area contributed by atoms with E-state index < -0.39 is 5.97 Å². The summed E-state index contributed by atoms with van der Waals surface area (Å²) in [7, 11) is 0. The van der Waals surface area contributed by atoms with Crippen molar-refractivity contribution in [2.75, 3.05) is 13.2 Å². The molecule has 2 aliphatic rings. The van der Waals surface area contributed by atoms with Gasteiger partial charge in [0.15, 0.2) is 0 Å². The summed E-state index contributed by atoms with van der Waals surface area (Å²) in [6.45, 7) is 1.05. The molecule has 0 amide bonds. The van der Waals surface area contributed by atoms with Crippen molar-refractivity contribution in [3.63, 3.8) is 0 Å². The molecule has 1 saturated heterocycles. The second kappa shape index (κ2) is 7.29. The first-order valence-electron chi connectivity index (χ1n) is 8.12. The smallest absolute Gasteiger partial charge is 0.320 e. The summed E-state index contributed by atoms with van der Waals surface area (Å²) in [5, 5.41) is 10.6. The quantitative estimate of drug-likeness (QED) is 0.861. The van der Waals surface area contributed by atoms with Crippen molar-refractivity contribution in [2.45, 2.75) is 44.2 Å². The van der Waals surface area contributed by atoms with E-state index in [1.54, 1.807) is 18.2 Å². The SMILES string of the molecule is O=C(O)C1CC2CCCCC2N1CCOc1cc(Cl)cc(Cl)c1. The fourth-order valence-corrected chi connectivity index (χ4v) is 4.50. The molecule has 0 spiro atoms. The normalized spacial score (nSPS) is 27.7. The number of hydrogen-bond donors (Lipinski definition) is 1. The van der Waals surface area contributed by atoms with Crippen LogP contribution < -0.4 is 4.74 Å². The van der Waals surface area contributed by atoms with Crippen LogP contribution in [0.3, 0.4) is 0 Å². The van der Waals surface area contributed by atoms with Crippen molar-refractivity contribution in [3.8, 4) is 5.75 Å². The van der Waals surface area contributed by atoms with Gasteiger partial charge in [-0.2, -0.15) is 0 Å². The van der Waals surface area contributed by atoms with Crippen LogP contribution in [0.15, 0.2) is 18.2 Å². The summed E-state index contributed by atoms with van der Waals surface area (Å²) in [5.41, 5.74) is 0. The van der Waals surface area contributed by atoms with Crippen LogP contribution in [0.2, 0.25) is 10.0 Å². The van der Waals surface area contributed by atoms with Gasteiger partial charge in [-0.3, -0.25) is 9.69 Å². The molecule has 1 aromatic carbocycles. The fraction of sp³-hybridized carbons (Fsp3) is 0.588. The van der Waals surface area contributed by atoms with Gasteiger partial charge in [0.2, 0.25) is 0 Å². The Balaban J connectivity index is 1.61. The number of rotatable bonds is 5. The number of nitrogens with zero attached hydrogens (tertiary/aromatic N) is 1. The van der Waals surface area contributed by atoms with E-state index in [-0.39, 0.29) is 6.04 Å². The highest BCUT2D eigenvalue weighted by Crippen LogP contribution is 2.39. The monoisotopic (exact) mass is 357 g/mol. The summed E-state index contributed by atoms with van der Waals surface area (Å²) in [6.07, 6.45) is 5.42. The zero-order valence-electron chi connectivity index (χ0n) is 12.9. The fourth-order valence-electron chi connectivity index (χ4n) is 4.00. The Morgan fingerprint density at radius 3 is 2.61 bits per heavy atom. The maximum Gasteiger partial charge on any atom is 0.320 e. The largest absolute Gasteiger partial charge is 0.492 e. The van der Waals surface area contributed by atoms with E-state index in [0.717, 1.165) is 19.3 Å². The summed E-state index contributed by atoms with van der Waals surface area (Å²) in [4.78, 5) is 13.7. The lowest BCUT2D eigenvalue weighted by atomic mass is 9.85. The Morgan fingerprint density at radius 2 is 1.91 bits per heavy atom. The van der Waals surface area contributed by atoms with E-state index in [2.05, 4.69) is 4.90 Å². The molecule has 1 N–H and O–H groups in total. The van der Waals surface area contributed by atoms with E-state index in [4.69, 9.17) is 27.9 Å². The average molecular weight is 358 g/mol. The van der Waals surface area contributed by atoms with Gasteiger partial charge in [0.25, 0.3) is 0 Å². The summed E-state index contributed by atoms with van der Waals surface area (Å²) in [5.74, 6) is 0.421. The molecular weight excluding hydrogens is 337 g/mol. The second-order valence-corrected chi connectivity index (χ2v) is 7.27. The maximum absolute atomic E-state index is 11.6. The van der Waals surface area contributed by atoms with Crippen molar-refractivity contribution >= 4 is 29.2 Å². The van der Waals surface area contributed by atoms with E-state index in [1.165, 1.54) is 12.8 Å². The number of aliphatic carboxylic acids is 1. The third-order valence-electron chi connectivity index (χ3n) is 4.96. The predicted octanol–water partition coefficient (Wildman–Crippen LogP) is 4.09. The molecular formula is C17H21Cl2NO3. The lowest BCUT2D eigenvalue weighted by Gasteiger charge is -2.32. The Kier molecular flexibility index (Phi) is 5.34. The van der Waals surface area contributed by atoms with Gasteiger partial charge in [0.1, 0.15) is 18.4 Å². The number of carboxylic acid groups (broad SMARTS) is 1. The zero-order chi connectivity index (χ0) is 16.4. The van der Waals surface area contributed by atoms with E-state index in [9.17, 15) is 9.90 Å². The van der Waals surface area contributed by atoms with Crippen LogP contribution >= 0.6 is 23.2 Å². The molecule has 1 saturated carbocycles. The lowest BCUT2D eigenvalue weighted by molar-refractivity contribution is -0.142. The highest BCUT2D eigenvalue weighted by molar-refractivity contribution is 6.34. The minimum absolute atomic E-state index is 0.380. The molecule has 3 unspecified atom stereocenters. The van der Waals surface area contributed by atoms with Crippen LogP contribution in [0.4, 0.5) is 0 Å². The number of carboxylic acids is 1. The molecule has 3 atom stereocenters. The van der Waals surface area contributed by atoms with Crippen LogP contribution in [0.1, 0.15) is 32.1 Å². The molecule has 0 aromatic heterocycles. The number of fused-ring (bicyclic) bond motifs is 1. The molecule has 3 rings (SSSR count). The maximum atomic E-state index is 11.6. The molecule has 126 valence electrons. The molecule has 0 bridgehead atoms. The first-order valence-corrected chi connectivity index (χ1v) is 8.87. The molecule has 1 aliphatic carbocycles. The summed E-state index contributed by atoms with van der Waals surface area (Å²) < 4.78 is 5.73. The van der Waals surface area contributed by atoms with E-state index >= 15 is 0 Å². The standard InChI is InChI=1S/C17H21Cl2NO3/c18-12-8-13(19)10-14(9-12)23-6-5-20-15-4-2-1-3-11(15)7-16(20)17(21)22/h8-11,15-16H,1-7H2,(H,21,22). The number of hydrogen-bond acceptors (Lipinski definition) is 3. The molecule has 6 heteroatoms. The Bertz CT molecular complexity index is 561. The number of likely N-dealkylation sites (tertiary alicyclic amines) is 1. The highest BCUT2D eigenvalue weighted by atomic mass is 35.5. The lowest BCUT2D eigenvalue weighted by Crippen LogP contribution is -2.44. The van der Waals surface area contributed by atoms with Gasteiger partial charge in [-0.1, -0.05) is 36.0 Å². The number of carbonyl (C=O) groups is 1. The first kappa shape index (κ1) is 16.9. The third kappa shape index (κ3) is 3.93. The zero-order valence-corrected chi connectivity index (χ0v) is 14.4. The van der Waals surface area contributed by atoms with Gasteiger partial charge in [0.05, 0.1) is 0 Å². The molecule has 0 radical (unpaired) electrons. The van der Waals surface area contributed by atoms with Crippen molar-refractivity contribution in [2.24, 2.45) is 5.92 Å². The van der Waals surface area contributed by atoms with Gasteiger partial charge >= 0.3 is 5.97 Å².